The van der Waals surface area contributed by atoms with Crippen molar-refractivity contribution in [1.29, 1.82) is 0 Å². The Hall–Kier alpha value is -3.88. The van der Waals surface area contributed by atoms with Crippen molar-refractivity contribution in [3.63, 3.8) is 0 Å². The van der Waals surface area contributed by atoms with Gasteiger partial charge >= 0.3 is 0 Å². The molecule has 1 aromatic heterocycles. The summed E-state index contributed by atoms with van der Waals surface area (Å²) < 4.78 is 5.70. The van der Waals surface area contributed by atoms with Crippen LogP contribution in [0.4, 0.5) is 5.69 Å². The smallest absolute Gasteiger partial charge is 0.270 e. The quantitative estimate of drug-likeness (QED) is 0.424. The van der Waals surface area contributed by atoms with E-state index < -0.39 is 4.92 Å². The van der Waals surface area contributed by atoms with E-state index in [1.807, 2.05) is 19.1 Å². The first kappa shape index (κ1) is 21.8. The van der Waals surface area contributed by atoms with Crippen LogP contribution in [0.2, 0.25) is 0 Å². The number of non-ortho nitro benzene ring substituents is 1. The van der Waals surface area contributed by atoms with Gasteiger partial charge in [-0.05, 0) is 18.6 Å². The van der Waals surface area contributed by atoms with E-state index in [0.717, 1.165) is 5.56 Å². The number of aromatic nitrogens is 1. The molecule has 0 aliphatic carbocycles. The predicted molar refractivity (Wildman–Crippen MR) is 116 cm³/mol. The second-order valence-corrected chi connectivity index (χ2v) is 7.24. The molecule has 9 heteroatoms. The summed E-state index contributed by atoms with van der Waals surface area (Å²) in [7, 11) is 3.30. The van der Waals surface area contributed by atoms with Crippen LogP contribution in [-0.2, 0) is 4.79 Å². The van der Waals surface area contributed by atoms with Crippen molar-refractivity contribution in [2.75, 3.05) is 20.7 Å². The topological polar surface area (TPSA) is 118 Å². The number of nitro groups is 1. The molecule has 0 saturated heterocycles. The number of H-pyrrole nitrogens is 1. The summed E-state index contributed by atoms with van der Waals surface area (Å²) in [5.41, 5.74) is 1.61. The number of amides is 2. The van der Waals surface area contributed by atoms with Gasteiger partial charge in [-0.25, -0.2) is 0 Å². The molecule has 2 N–H and O–H groups in total. The number of rotatable bonds is 8. The lowest BCUT2D eigenvalue weighted by molar-refractivity contribution is -0.384. The van der Waals surface area contributed by atoms with Crippen molar-refractivity contribution >= 4 is 28.4 Å². The maximum absolute atomic E-state index is 13.0. The fourth-order valence-corrected chi connectivity index (χ4v) is 3.21. The molecule has 3 rings (SSSR count). The summed E-state index contributed by atoms with van der Waals surface area (Å²) in [6.45, 7) is 1.81. The summed E-state index contributed by atoms with van der Waals surface area (Å²) in [5.74, 6) is -0.0237. The lowest BCUT2D eigenvalue weighted by Gasteiger charge is -2.21. The maximum Gasteiger partial charge on any atom is 0.270 e. The number of nitrogens with zero attached hydrogens (tertiary/aromatic N) is 2. The molecule has 162 valence electrons. The fraction of sp³-hybridized carbons (Fsp3) is 0.273. The molecular weight excluding hydrogens is 400 g/mol. The number of hydrogen-bond acceptors (Lipinski definition) is 5. The van der Waals surface area contributed by atoms with Crippen molar-refractivity contribution in [1.82, 2.24) is 15.2 Å². The highest BCUT2D eigenvalue weighted by Crippen LogP contribution is 2.29. The molecule has 0 spiro atoms. The number of nitro benzene ring substituents is 1. The minimum Gasteiger partial charge on any atom is -0.483 e. The number of benzene rings is 2. The number of aromatic amines is 1. The van der Waals surface area contributed by atoms with Crippen molar-refractivity contribution < 1.29 is 19.2 Å². The normalized spacial score (nSPS) is 11.7. The molecule has 31 heavy (non-hydrogen) atoms. The Kier molecular flexibility index (Phi) is 6.54. The first-order valence-corrected chi connectivity index (χ1v) is 9.80. The molecule has 2 amide bonds. The van der Waals surface area contributed by atoms with E-state index in [9.17, 15) is 19.7 Å². The number of carbonyl (C=O) groups excluding carboxylic acids is 2. The highest BCUT2D eigenvalue weighted by Gasteiger charge is 2.21. The van der Waals surface area contributed by atoms with Gasteiger partial charge in [-0.2, -0.15) is 0 Å². The molecule has 1 atom stereocenters. The Bertz CT molecular complexity index is 1120. The maximum atomic E-state index is 13.0. The third-order valence-corrected chi connectivity index (χ3v) is 4.98. The molecular formula is C22H24N4O5. The Morgan fingerprint density at radius 1 is 1.23 bits per heavy atom. The van der Waals surface area contributed by atoms with E-state index in [1.165, 1.54) is 23.2 Å². The zero-order chi connectivity index (χ0) is 22.5. The molecule has 1 heterocycles. The van der Waals surface area contributed by atoms with Gasteiger partial charge in [-0.15, -0.1) is 0 Å². The van der Waals surface area contributed by atoms with Gasteiger partial charge in [-0.3, -0.25) is 19.7 Å². The lowest BCUT2D eigenvalue weighted by atomic mass is 10.0. The molecule has 0 saturated carbocycles. The summed E-state index contributed by atoms with van der Waals surface area (Å²) in [4.78, 5) is 39.9. The first-order chi connectivity index (χ1) is 14.8. The molecule has 0 radical (unpaired) electrons. The SMILES string of the molecule is CCC(NC(=O)c1c[nH]c2ccc([N+](=O)[O-])cc12)c1ccccc1OCC(=O)N(C)C. The predicted octanol–water partition coefficient (Wildman–Crippen LogP) is 3.42. The van der Waals surface area contributed by atoms with Crippen molar-refractivity contribution in [2.45, 2.75) is 19.4 Å². The van der Waals surface area contributed by atoms with Gasteiger partial charge in [0, 0.05) is 48.9 Å². The minimum atomic E-state index is -0.494. The van der Waals surface area contributed by atoms with Gasteiger partial charge in [0.15, 0.2) is 6.61 Å². The number of para-hydroxylation sites is 1. The van der Waals surface area contributed by atoms with Crippen LogP contribution in [0.15, 0.2) is 48.7 Å². The molecule has 0 aliphatic rings. The van der Waals surface area contributed by atoms with Crippen LogP contribution in [-0.4, -0.2) is 47.3 Å². The number of carbonyl (C=O) groups is 2. The van der Waals surface area contributed by atoms with Crippen LogP contribution in [0.5, 0.6) is 5.75 Å². The van der Waals surface area contributed by atoms with Gasteiger partial charge in [0.2, 0.25) is 0 Å². The fourth-order valence-electron chi connectivity index (χ4n) is 3.21. The van der Waals surface area contributed by atoms with Gasteiger partial charge in [0.1, 0.15) is 5.75 Å². The zero-order valence-electron chi connectivity index (χ0n) is 17.5. The lowest BCUT2D eigenvalue weighted by Crippen LogP contribution is -2.30. The van der Waals surface area contributed by atoms with Crippen LogP contribution >= 0.6 is 0 Å². The van der Waals surface area contributed by atoms with E-state index in [2.05, 4.69) is 10.3 Å². The second kappa shape index (κ2) is 9.29. The monoisotopic (exact) mass is 424 g/mol. The van der Waals surface area contributed by atoms with Crippen LogP contribution in [0.3, 0.4) is 0 Å². The van der Waals surface area contributed by atoms with Crippen LogP contribution in [0.1, 0.15) is 35.3 Å². The summed E-state index contributed by atoms with van der Waals surface area (Å²) >= 11 is 0. The van der Waals surface area contributed by atoms with E-state index in [4.69, 9.17) is 4.74 Å². The minimum absolute atomic E-state index is 0.0857. The number of hydrogen-bond donors (Lipinski definition) is 2. The largest absolute Gasteiger partial charge is 0.483 e. The Morgan fingerprint density at radius 3 is 2.65 bits per heavy atom. The van der Waals surface area contributed by atoms with Gasteiger partial charge < -0.3 is 19.9 Å². The second-order valence-electron chi connectivity index (χ2n) is 7.24. The Morgan fingerprint density at radius 2 is 1.97 bits per heavy atom. The highest BCUT2D eigenvalue weighted by molar-refractivity contribution is 6.07. The summed E-state index contributed by atoms with van der Waals surface area (Å²) in [6.07, 6.45) is 2.12. The van der Waals surface area contributed by atoms with E-state index in [0.29, 0.717) is 28.6 Å². The van der Waals surface area contributed by atoms with E-state index in [-0.39, 0.29) is 30.2 Å². The third-order valence-electron chi connectivity index (χ3n) is 4.98. The molecule has 1 unspecified atom stereocenters. The van der Waals surface area contributed by atoms with Crippen molar-refractivity contribution in [3.05, 3.63) is 69.9 Å². The standard InChI is InChI=1S/C22H24N4O5/c1-4-18(15-7-5-6-8-20(15)31-13-21(27)25(2)3)24-22(28)17-12-23-19-10-9-14(26(29)30)11-16(17)19/h5-12,18,23H,4,13H2,1-3H3,(H,24,28). The zero-order valence-corrected chi connectivity index (χ0v) is 17.5. The van der Waals surface area contributed by atoms with Crippen LogP contribution in [0, 0.1) is 10.1 Å². The van der Waals surface area contributed by atoms with Gasteiger partial charge in [-0.1, -0.05) is 25.1 Å². The third kappa shape index (κ3) is 4.82. The number of fused-ring (bicyclic) bond motifs is 1. The number of ether oxygens (including phenoxy) is 1. The number of nitrogens with one attached hydrogen (secondary N) is 2. The Balaban J connectivity index is 1.84. The average Bonchev–Trinajstić information content (AvgIpc) is 3.19. The van der Waals surface area contributed by atoms with Crippen LogP contribution in [0.25, 0.3) is 10.9 Å². The van der Waals surface area contributed by atoms with E-state index in [1.54, 1.807) is 32.3 Å². The molecule has 0 fully saturated rings. The van der Waals surface area contributed by atoms with Crippen LogP contribution < -0.4 is 10.1 Å². The average molecular weight is 424 g/mol. The van der Waals surface area contributed by atoms with Gasteiger partial charge in [0.25, 0.3) is 17.5 Å². The highest BCUT2D eigenvalue weighted by atomic mass is 16.6. The van der Waals surface area contributed by atoms with Gasteiger partial charge in [0.05, 0.1) is 16.5 Å². The first-order valence-electron chi connectivity index (χ1n) is 9.80. The Labute approximate surface area is 179 Å². The number of likely N-dealkylation sites (N-methyl/N-ethyl adjacent to an activating group) is 1. The molecule has 2 aromatic carbocycles. The molecule has 0 aliphatic heterocycles. The molecule has 3 aromatic rings. The molecule has 0 bridgehead atoms. The van der Waals surface area contributed by atoms with Crippen molar-refractivity contribution in [2.24, 2.45) is 0 Å². The summed E-state index contributed by atoms with van der Waals surface area (Å²) in [6, 6.07) is 11.2. The molecule has 9 nitrogen and oxygen atoms in total. The van der Waals surface area contributed by atoms with Crippen molar-refractivity contribution in [3.8, 4) is 5.75 Å². The summed E-state index contributed by atoms with van der Waals surface area (Å²) in [5, 5.41) is 14.5. The van der Waals surface area contributed by atoms with E-state index >= 15 is 0 Å².